The van der Waals surface area contributed by atoms with Gasteiger partial charge in [-0.3, -0.25) is 4.90 Å². The first-order valence-electron chi connectivity index (χ1n) is 9.55. The molecule has 2 aromatic rings. The van der Waals surface area contributed by atoms with Crippen molar-refractivity contribution < 1.29 is 32.6 Å². The smallest absolute Gasteiger partial charge is 0.416 e. The van der Waals surface area contributed by atoms with Crippen molar-refractivity contribution >= 4 is 12.1 Å². The molecule has 5 nitrogen and oxygen atoms in total. The van der Waals surface area contributed by atoms with Gasteiger partial charge < -0.3 is 9.84 Å². The molecule has 0 aliphatic carbocycles. The predicted octanol–water partition coefficient (Wildman–Crippen LogP) is 4.68. The molecule has 1 N–H and O–H groups in total. The van der Waals surface area contributed by atoms with Crippen molar-refractivity contribution in [3.63, 3.8) is 0 Å². The molecule has 162 valence electrons. The van der Waals surface area contributed by atoms with Gasteiger partial charge in [0.05, 0.1) is 11.5 Å². The Hall–Kier alpha value is -3.47. The van der Waals surface area contributed by atoms with Gasteiger partial charge in [-0.05, 0) is 36.1 Å². The minimum Gasteiger partial charge on any atom is -0.479 e. The molecule has 0 aromatic heterocycles. The fraction of sp³-hybridized carbons (Fsp3) is 0.304. The molecule has 8 heteroatoms. The van der Waals surface area contributed by atoms with Crippen LogP contribution in [0.2, 0.25) is 0 Å². The van der Waals surface area contributed by atoms with Crippen LogP contribution in [0.5, 0.6) is 0 Å². The van der Waals surface area contributed by atoms with Crippen LogP contribution in [0, 0.1) is 12.3 Å². The summed E-state index contributed by atoms with van der Waals surface area (Å²) in [6, 6.07) is 12.9. The van der Waals surface area contributed by atoms with E-state index in [1.54, 1.807) is 24.3 Å². The van der Waals surface area contributed by atoms with Gasteiger partial charge in [-0.1, -0.05) is 48.4 Å². The van der Waals surface area contributed by atoms with Crippen molar-refractivity contribution in [1.82, 2.24) is 4.90 Å². The molecule has 1 aliphatic rings. The number of ether oxygens (including phenoxy) is 1. The largest absolute Gasteiger partial charge is 0.479 e. The predicted molar refractivity (Wildman–Crippen MR) is 106 cm³/mol. The second kappa shape index (κ2) is 8.72. The lowest BCUT2D eigenvalue weighted by molar-refractivity contribution is -0.149. The third-order valence-corrected chi connectivity index (χ3v) is 5.43. The summed E-state index contributed by atoms with van der Waals surface area (Å²) < 4.78 is 44.0. The number of benzene rings is 2. The topological polar surface area (TPSA) is 66.8 Å². The summed E-state index contributed by atoms with van der Waals surface area (Å²) in [5.41, 5.74) is -1.75. The van der Waals surface area contributed by atoms with Gasteiger partial charge in [0.2, 0.25) is 0 Å². The van der Waals surface area contributed by atoms with Gasteiger partial charge in [-0.2, -0.15) is 13.2 Å². The zero-order valence-electron chi connectivity index (χ0n) is 16.4. The highest BCUT2D eigenvalue weighted by Crippen LogP contribution is 2.43. The molecule has 1 fully saturated rings. The van der Waals surface area contributed by atoms with Crippen molar-refractivity contribution in [2.24, 2.45) is 0 Å². The Morgan fingerprint density at radius 1 is 1.16 bits per heavy atom. The molecule has 1 unspecified atom stereocenters. The van der Waals surface area contributed by atoms with Crippen LogP contribution in [0.15, 0.2) is 54.6 Å². The van der Waals surface area contributed by atoms with Crippen molar-refractivity contribution in [3.05, 3.63) is 71.3 Å². The van der Waals surface area contributed by atoms with Crippen molar-refractivity contribution in [3.8, 4) is 12.3 Å². The normalized spacial score (nSPS) is 19.5. The van der Waals surface area contributed by atoms with Crippen LogP contribution in [-0.4, -0.2) is 34.2 Å². The maximum absolute atomic E-state index is 12.9. The van der Waals surface area contributed by atoms with E-state index in [4.69, 9.17) is 11.2 Å². The Kier molecular flexibility index (Phi) is 6.25. The Balaban J connectivity index is 1.90. The second-order valence-corrected chi connectivity index (χ2v) is 7.24. The Morgan fingerprint density at radius 2 is 1.81 bits per heavy atom. The average Bonchev–Trinajstić information content (AvgIpc) is 3.19. The molecule has 0 bridgehead atoms. The summed E-state index contributed by atoms with van der Waals surface area (Å²) in [7, 11) is 0. The average molecular weight is 431 g/mol. The fourth-order valence-corrected chi connectivity index (χ4v) is 3.91. The number of carbonyl (C=O) groups is 2. The van der Waals surface area contributed by atoms with E-state index in [-0.39, 0.29) is 25.1 Å². The number of carboxylic acid groups (broad SMARTS) is 1. The molecule has 0 saturated carbocycles. The Labute approximate surface area is 177 Å². The van der Waals surface area contributed by atoms with Crippen LogP contribution < -0.4 is 0 Å². The van der Waals surface area contributed by atoms with Crippen LogP contribution in [0.1, 0.15) is 35.4 Å². The molecule has 0 spiro atoms. The molecule has 31 heavy (non-hydrogen) atoms. The van der Waals surface area contributed by atoms with Crippen LogP contribution in [0.3, 0.4) is 0 Å². The number of hydrogen-bond donors (Lipinski definition) is 1. The Morgan fingerprint density at radius 3 is 2.35 bits per heavy atom. The van der Waals surface area contributed by atoms with Crippen LogP contribution in [-0.2, 0) is 22.3 Å². The number of carboxylic acids is 1. The highest BCUT2D eigenvalue weighted by molar-refractivity contribution is 5.87. The monoisotopic (exact) mass is 431 g/mol. The maximum atomic E-state index is 12.9. The molecular weight excluding hydrogens is 411 g/mol. The van der Waals surface area contributed by atoms with E-state index in [0.717, 1.165) is 34.7 Å². The van der Waals surface area contributed by atoms with Gasteiger partial charge in [-0.15, -0.1) is 6.42 Å². The summed E-state index contributed by atoms with van der Waals surface area (Å²) in [6.07, 6.45) is 0.696. The number of hydrogen-bond acceptors (Lipinski definition) is 3. The van der Waals surface area contributed by atoms with Gasteiger partial charge in [0, 0.05) is 6.54 Å². The lowest BCUT2D eigenvalue weighted by atomic mass is 9.77. The van der Waals surface area contributed by atoms with E-state index in [9.17, 15) is 27.9 Å². The van der Waals surface area contributed by atoms with E-state index >= 15 is 0 Å². The van der Waals surface area contributed by atoms with Gasteiger partial charge in [0.1, 0.15) is 6.61 Å². The number of carbonyl (C=O) groups excluding carboxylic acids is 1. The number of amides is 1. The molecule has 1 saturated heterocycles. The second-order valence-electron chi connectivity index (χ2n) is 7.24. The third-order valence-electron chi connectivity index (χ3n) is 5.43. The van der Waals surface area contributed by atoms with Gasteiger partial charge in [0.25, 0.3) is 0 Å². The molecule has 2 atom stereocenters. The highest BCUT2D eigenvalue weighted by Gasteiger charge is 2.56. The summed E-state index contributed by atoms with van der Waals surface area (Å²) in [5.74, 6) is -0.0950. The van der Waals surface area contributed by atoms with E-state index in [0.29, 0.717) is 6.42 Å². The van der Waals surface area contributed by atoms with Gasteiger partial charge >= 0.3 is 18.2 Å². The summed E-state index contributed by atoms with van der Waals surface area (Å²) in [6.45, 7) is 0.0611. The maximum Gasteiger partial charge on any atom is 0.416 e. The molecular formula is C23H20F3NO4. The van der Waals surface area contributed by atoms with Gasteiger partial charge in [0.15, 0.2) is 5.54 Å². The quantitative estimate of drug-likeness (QED) is 0.699. The number of halogens is 3. The van der Waals surface area contributed by atoms with E-state index < -0.39 is 35.3 Å². The molecule has 3 rings (SSSR count). The van der Waals surface area contributed by atoms with Gasteiger partial charge in [-0.25, -0.2) is 9.59 Å². The first-order chi connectivity index (χ1) is 14.7. The van der Waals surface area contributed by atoms with E-state index in [1.807, 2.05) is 6.07 Å². The van der Waals surface area contributed by atoms with E-state index in [1.165, 1.54) is 0 Å². The molecule has 2 aromatic carbocycles. The first kappa shape index (κ1) is 22.2. The fourth-order valence-electron chi connectivity index (χ4n) is 3.91. The molecule has 1 heterocycles. The SMILES string of the molecule is C#CC(c1ccc(C(F)(F)F)cc1)[C@]1(C(=O)O)CCCN1C(=O)OCc1ccccc1. The lowest BCUT2D eigenvalue weighted by Crippen LogP contribution is -2.56. The van der Waals surface area contributed by atoms with Crippen LogP contribution in [0.25, 0.3) is 0 Å². The van der Waals surface area contributed by atoms with Crippen LogP contribution in [0.4, 0.5) is 18.0 Å². The number of likely N-dealkylation sites (tertiary alicyclic amines) is 1. The Bertz CT molecular complexity index is 983. The summed E-state index contributed by atoms with van der Waals surface area (Å²) >= 11 is 0. The summed E-state index contributed by atoms with van der Waals surface area (Å²) in [5, 5.41) is 10.1. The summed E-state index contributed by atoms with van der Waals surface area (Å²) in [4.78, 5) is 26.3. The number of aliphatic carboxylic acids is 1. The molecule has 1 aliphatic heterocycles. The minimum atomic E-state index is -4.53. The van der Waals surface area contributed by atoms with Crippen molar-refractivity contribution in [2.75, 3.05) is 6.54 Å². The third kappa shape index (κ3) is 4.36. The van der Waals surface area contributed by atoms with Crippen molar-refractivity contribution in [1.29, 1.82) is 0 Å². The van der Waals surface area contributed by atoms with E-state index in [2.05, 4.69) is 5.92 Å². The number of alkyl halides is 3. The van der Waals surface area contributed by atoms with Crippen molar-refractivity contribution in [2.45, 2.75) is 37.1 Å². The minimum absolute atomic E-state index is 0.0487. The lowest BCUT2D eigenvalue weighted by Gasteiger charge is -2.38. The first-order valence-corrected chi connectivity index (χ1v) is 9.55. The zero-order valence-corrected chi connectivity index (χ0v) is 16.4. The standard InChI is InChI=1S/C23H20F3NO4/c1-2-19(17-9-11-18(12-10-17)23(24,25)26)22(20(28)29)13-6-14-27(22)21(30)31-15-16-7-4-3-5-8-16/h1,3-5,7-12,19H,6,13-15H2,(H,28,29)/t19?,22-/m0/s1. The molecule has 1 amide bonds. The number of rotatable bonds is 5. The zero-order chi connectivity index (χ0) is 22.6. The number of terminal acetylenes is 1. The number of nitrogens with zero attached hydrogens (tertiary/aromatic N) is 1. The molecule has 0 radical (unpaired) electrons. The van der Waals surface area contributed by atoms with Crippen LogP contribution >= 0.6 is 0 Å². The highest BCUT2D eigenvalue weighted by atomic mass is 19.4.